The topological polar surface area (TPSA) is 63.6 Å². The van der Waals surface area contributed by atoms with Crippen LogP contribution in [-0.4, -0.2) is 29.8 Å². The zero-order chi connectivity index (χ0) is 12.6. The fraction of sp³-hybridized carbons (Fsp3) is 0.417. The molecular formula is C12H13ClLiNO3. The first kappa shape index (κ1) is 15.4. The minimum absolute atomic E-state index is 0. The predicted octanol–water partition coefficient (Wildman–Crippen LogP) is -2.33. The number of aromatic carboxylic acids is 1. The van der Waals surface area contributed by atoms with Gasteiger partial charge in [-0.15, -0.1) is 0 Å². The number of rotatable bonds is 2. The summed E-state index contributed by atoms with van der Waals surface area (Å²) < 4.78 is 0. The molecule has 0 radical (unpaired) electrons. The number of benzene rings is 1. The van der Waals surface area contributed by atoms with Crippen molar-refractivity contribution in [3.8, 4) is 0 Å². The zero-order valence-electron chi connectivity index (χ0n) is 10.4. The third-order valence-electron chi connectivity index (χ3n) is 2.99. The van der Waals surface area contributed by atoms with E-state index in [1.54, 1.807) is 19.1 Å². The van der Waals surface area contributed by atoms with Gasteiger partial charge in [0.05, 0.1) is 22.3 Å². The van der Waals surface area contributed by atoms with Crippen LogP contribution in [0.2, 0.25) is 5.02 Å². The minimum Gasteiger partial charge on any atom is -0.545 e. The summed E-state index contributed by atoms with van der Waals surface area (Å²) in [7, 11) is 0. The smallest absolute Gasteiger partial charge is 0.545 e. The van der Waals surface area contributed by atoms with Crippen molar-refractivity contribution in [2.24, 2.45) is 0 Å². The van der Waals surface area contributed by atoms with Crippen LogP contribution >= 0.6 is 11.6 Å². The van der Waals surface area contributed by atoms with Gasteiger partial charge in [-0.1, -0.05) is 23.7 Å². The molecule has 2 rings (SSSR count). The van der Waals surface area contributed by atoms with E-state index in [0.29, 0.717) is 25.2 Å². The van der Waals surface area contributed by atoms with Gasteiger partial charge in [0.1, 0.15) is 0 Å². The molecule has 6 heteroatoms. The molecule has 18 heavy (non-hydrogen) atoms. The Morgan fingerprint density at radius 2 is 2.22 bits per heavy atom. The molecule has 0 amide bonds. The molecule has 1 unspecified atom stereocenters. The maximum absolute atomic E-state index is 10.9. The molecule has 1 aromatic carbocycles. The summed E-state index contributed by atoms with van der Waals surface area (Å²) in [6, 6.07) is 4.78. The Morgan fingerprint density at radius 3 is 2.72 bits per heavy atom. The van der Waals surface area contributed by atoms with E-state index >= 15 is 0 Å². The number of hydrogen-bond donors (Lipinski definition) is 1. The van der Waals surface area contributed by atoms with E-state index in [2.05, 4.69) is 0 Å². The predicted molar refractivity (Wildman–Crippen MR) is 63.2 cm³/mol. The maximum Gasteiger partial charge on any atom is 1.00 e. The maximum atomic E-state index is 10.9. The second kappa shape index (κ2) is 5.54. The second-order valence-electron chi connectivity index (χ2n) is 4.59. The Hall–Kier alpha value is -0.663. The third-order valence-corrected chi connectivity index (χ3v) is 3.39. The van der Waals surface area contributed by atoms with Crippen LogP contribution in [0.15, 0.2) is 18.2 Å². The quantitative estimate of drug-likeness (QED) is 0.607. The molecule has 1 aliphatic rings. The average molecular weight is 262 g/mol. The summed E-state index contributed by atoms with van der Waals surface area (Å²) in [6.45, 7) is 2.86. The van der Waals surface area contributed by atoms with E-state index in [1.165, 1.54) is 6.07 Å². The van der Waals surface area contributed by atoms with Crippen molar-refractivity contribution in [2.45, 2.75) is 18.9 Å². The van der Waals surface area contributed by atoms with Crippen LogP contribution in [-0.2, 0) is 0 Å². The van der Waals surface area contributed by atoms with Crippen LogP contribution in [0.25, 0.3) is 0 Å². The van der Waals surface area contributed by atoms with Crippen molar-refractivity contribution in [1.29, 1.82) is 0 Å². The number of halogens is 1. The molecule has 1 atom stereocenters. The Labute approximate surface area is 123 Å². The normalized spacial score (nSPS) is 22.7. The standard InChI is InChI=1S/C12H14ClNO3.Li/c1-12(17)5-6-14(7-12)9-4-2-3-8(10(9)13)11(15)16;/h2-4,17H,5-7H2,1H3,(H,15,16);/q;+1/p-1. The van der Waals surface area contributed by atoms with Crippen molar-refractivity contribution in [3.05, 3.63) is 28.8 Å². The zero-order valence-corrected chi connectivity index (χ0v) is 11.2. The summed E-state index contributed by atoms with van der Waals surface area (Å²) in [6.07, 6.45) is 0.638. The molecule has 0 aliphatic carbocycles. The number of carboxylic acid groups (broad SMARTS) is 1. The van der Waals surface area contributed by atoms with Gasteiger partial charge >= 0.3 is 18.9 Å². The number of anilines is 1. The van der Waals surface area contributed by atoms with E-state index in [4.69, 9.17) is 11.6 Å². The number of β-amino-alcohol motifs (C(OH)–C–C–N with tert-alkyl or cyclic N) is 1. The van der Waals surface area contributed by atoms with Crippen molar-refractivity contribution < 1.29 is 33.9 Å². The van der Waals surface area contributed by atoms with Gasteiger partial charge in [0.15, 0.2) is 0 Å². The van der Waals surface area contributed by atoms with E-state index in [9.17, 15) is 15.0 Å². The molecule has 1 heterocycles. The average Bonchev–Trinajstić information content (AvgIpc) is 2.58. The Kier molecular flexibility index (Phi) is 4.74. The molecule has 0 saturated carbocycles. The van der Waals surface area contributed by atoms with Crippen molar-refractivity contribution >= 4 is 23.3 Å². The van der Waals surface area contributed by atoms with Crippen LogP contribution in [0.3, 0.4) is 0 Å². The number of nitrogens with zero attached hydrogens (tertiary/aromatic N) is 1. The van der Waals surface area contributed by atoms with Gasteiger partial charge in [0.2, 0.25) is 0 Å². The molecule has 1 aromatic rings. The fourth-order valence-electron chi connectivity index (χ4n) is 2.07. The van der Waals surface area contributed by atoms with Crippen LogP contribution in [0.1, 0.15) is 23.7 Å². The van der Waals surface area contributed by atoms with Gasteiger partial charge in [-0.25, -0.2) is 0 Å². The summed E-state index contributed by atoms with van der Waals surface area (Å²) in [5.74, 6) is -1.29. The number of carbonyl (C=O) groups is 1. The third kappa shape index (κ3) is 3.01. The molecule has 1 fully saturated rings. The molecule has 0 spiro atoms. The largest absolute Gasteiger partial charge is 1.00 e. The first-order valence-electron chi connectivity index (χ1n) is 5.38. The van der Waals surface area contributed by atoms with E-state index < -0.39 is 11.6 Å². The molecular weight excluding hydrogens is 249 g/mol. The van der Waals surface area contributed by atoms with Crippen LogP contribution < -0.4 is 28.9 Å². The molecule has 1 saturated heterocycles. The molecule has 0 bridgehead atoms. The monoisotopic (exact) mass is 261 g/mol. The molecule has 1 N–H and O–H groups in total. The van der Waals surface area contributed by atoms with Crippen molar-refractivity contribution in [2.75, 3.05) is 18.0 Å². The summed E-state index contributed by atoms with van der Waals surface area (Å²) in [4.78, 5) is 12.7. The summed E-state index contributed by atoms with van der Waals surface area (Å²) >= 11 is 6.03. The van der Waals surface area contributed by atoms with Gasteiger partial charge in [-0.2, -0.15) is 0 Å². The molecule has 0 aromatic heterocycles. The SMILES string of the molecule is CC1(O)CCN(c2cccc(C(=O)[O-])c2Cl)C1.[Li+]. The van der Waals surface area contributed by atoms with Crippen molar-refractivity contribution in [1.82, 2.24) is 0 Å². The summed E-state index contributed by atoms with van der Waals surface area (Å²) in [5.41, 5.74) is -0.136. The van der Waals surface area contributed by atoms with E-state index in [-0.39, 0.29) is 29.4 Å². The van der Waals surface area contributed by atoms with Gasteiger partial charge < -0.3 is 19.9 Å². The van der Waals surface area contributed by atoms with Gasteiger partial charge in [0.25, 0.3) is 0 Å². The fourth-order valence-corrected chi connectivity index (χ4v) is 2.40. The Balaban J connectivity index is 0.00000162. The Morgan fingerprint density at radius 1 is 1.56 bits per heavy atom. The van der Waals surface area contributed by atoms with Crippen LogP contribution in [0.4, 0.5) is 5.69 Å². The molecule has 1 aliphatic heterocycles. The second-order valence-corrected chi connectivity index (χ2v) is 4.97. The van der Waals surface area contributed by atoms with Crippen LogP contribution in [0, 0.1) is 0 Å². The number of aliphatic hydroxyl groups is 1. The van der Waals surface area contributed by atoms with Gasteiger partial charge in [-0.3, -0.25) is 0 Å². The summed E-state index contributed by atoms with van der Waals surface area (Å²) in [5, 5.41) is 20.9. The van der Waals surface area contributed by atoms with E-state index in [0.717, 1.165) is 0 Å². The van der Waals surface area contributed by atoms with Crippen molar-refractivity contribution in [3.63, 3.8) is 0 Å². The number of hydrogen-bond acceptors (Lipinski definition) is 4. The number of carboxylic acids is 1. The first-order chi connectivity index (χ1) is 7.91. The number of carbonyl (C=O) groups excluding carboxylic acids is 1. The Bertz CT molecular complexity index is 465. The molecule has 4 nitrogen and oxygen atoms in total. The van der Waals surface area contributed by atoms with Gasteiger partial charge in [-0.05, 0) is 19.4 Å². The van der Waals surface area contributed by atoms with Gasteiger partial charge in [0, 0.05) is 18.7 Å². The van der Waals surface area contributed by atoms with E-state index in [1.807, 2.05) is 4.90 Å². The molecule has 92 valence electrons. The minimum atomic E-state index is -1.29. The first-order valence-corrected chi connectivity index (χ1v) is 5.76. The van der Waals surface area contributed by atoms with Crippen LogP contribution in [0.5, 0.6) is 0 Å².